The first kappa shape index (κ1) is 8.07. The van der Waals surface area contributed by atoms with E-state index in [0.717, 1.165) is 11.1 Å². The van der Waals surface area contributed by atoms with Crippen LogP contribution in [-0.2, 0) is 11.3 Å². The molecule has 68 valence electrons. The topological polar surface area (TPSA) is 58.6 Å². The molecule has 1 aromatic rings. The third-order valence-corrected chi connectivity index (χ3v) is 2.03. The number of ether oxygens (including phenoxy) is 1. The second-order valence-corrected chi connectivity index (χ2v) is 2.84. The van der Waals surface area contributed by atoms with Gasteiger partial charge in [0.05, 0.1) is 0 Å². The number of fused-ring (bicyclic) bond motifs is 1. The Bertz CT molecular complexity index is 337. The van der Waals surface area contributed by atoms with Gasteiger partial charge in [-0.25, -0.2) is 4.79 Å². The summed E-state index contributed by atoms with van der Waals surface area (Å²) in [4.78, 5) is 10.3. The Hall–Kier alpha value is -1.55. The van der Waals surface area contributed by atoms with Crippen LogP contribution in [0.5, 0.6) is 0 Å². The SMILES string of the molecule is O=C(O)OC1NCc2ccccc21. The van der Waals surface area contributed by atoms with Crippen LogP contribution in [-0.4, -0.2) is 11.3 Å². The van der Waals surface area contributed by atoms with Crippen molar-refractivity contribution < 1.29 is 14.6 Å². The molecule has 4 nitrogen and oxygen atoms in total. The highest BCUT2D eigenvalue weighted by Gasteiger charge is 2.23. The van der Waals surface area contributed by atoms with E-state index < -0.39 is 12.4 Å². The van der Waals surface area contributed by atoms with Gasteiger partial charge in [0.1, 0.15) is 0 Å². The molecule has 0 spiro atoms. The molecule has 2 rings (SSSR count). The van der Waals surface area contributed by atoms with Crippen molar-refractivity contribution in [3.05, 3.63) is 35.4 Å². The second-order valence-electron chi connectivity index (χ2n) is 2.84. The Morgan fingerprint density at radius 3 is 3.08 bits per heavy atom. The summed E-state index contributed by atoms with van der Waals surface area (Å²) in [6.07, 6.45) is -1.76. The molecule has 0 amide bonds. The van der Waals surface area contributed by atoms with Crippen molar-refractivity contribution in [2.75, 3.05) is 0 Å². The number of nitrogens with one attached hydrogen (secondary N) is 1. The molecule has 1 aromatic carbocycles. The number of rotatable bonds is 1. The zero-order valence-corrected chi connectivity index (χ0v) is 6.86. The third kappa shape index (κ3) is 1.48. The normalized spacial score (nSPS) is 19.5. The molecule has 13 heavy (non-hydrogen) atoms. The van der Waals surface area contributed by atoms with Gasteiger partial charge in [0.25, 0.3) is 0 Å². The summed E-state index contributed by atoms with van der Waals surface area (Å²) in [6.45, 7) is 0.661. The number of benzene rings is 1. The smallest absolute Gasteiger partial charge is 0.450 e. The molecule has 1 heterocycles. The predicted octanol–water partition coefficient (Wildman–Crippen LogP) is 1.48. The Morgan fingerprint density at radius 1 is 1.54 bits per heavy atom. The number of hydrogen-bond donors (Lipinski definition) is 2. The molecule has 1 atom stereocenters. The number of carboxylic acid groups (broad SMARTS) is 1. The standard InChI is InChI=1S/C9H9NO3/c11-9(12)13-8-7-4-2-1-3-6(7)5-10-8/h1-4,8,10H,5H2,(H,11,12). The average molecular weight is 179 g/mol. The van der Waals surface area contributed by atoms with Crippen molar-refractivity contribution in [3.63, 3.8) is 0 Å². The van der Waals surface area contributed by atoms with Gasteiger partial charge in [-0.3, -0.25) is 5.32 Å². The summed E-state index contributed by atoms with van der Waals surface area (Å²) in [7, 11) is 0. The first-order valence-electron chi connectivity index (χ1n) is 3.98. The maximum absolute atomic E-state index is 10.3. The predicted molar refractivity (Wildman–Crippen MR) is 45.1 cm³/mol. The molecule has 1 unspecified atom stereocenters. The summed E-state index contributed by atoms with van der Waals surface area (Å²) in [6, 6.07) is 7.60. The molecule has 4 heteroatoms. The van der Waals surface area contributed by atoms with Gasteiger partial charge in [-0.15, -0.1) is 0 Å². The van der Waals surface area contributed by atoms with E-state index in [1.807, 2.05) is 24.3 Å². The fourth-order valence-corrected chi connectivity index (χ4v) is 1.47. The number of hydrogen-bond acceptors (Lipinski definition) is 3. The summed E-state index contributed by atoms with van der Waals surface area (Å²) < 4.78 is 4.64. The first-order valence-corrected chi connectivity index (χ1v) is 3.98. The molecule has 0 saturated carbocycles. The molecule has 0 aromatic heterocycles. The van der Waals surface area contributed by atoms with Crippen LogP contribution in [0.25, 0.3) is 0 Å². The molecule has 0 bridgehead atoms. The monoisotopic (exact) mass is 179 g/mol. The van der Waals surface area contributed by atoms with Gasteiger partial charge < -0.3 is 9.84 Å². The van der Waals surface area contributed by atoms with Crippen LogP contribution in [0, 0.1) is 0 Å². The fraction of sp³-hybridized carbons (Fsp3) is 0.222. The Balaban J connectivity index is 2.23. The van der Waals surface area contributed by atoms with Crippen LogP contribution >= 0.6 is 0 Å². The molecule has 0 radical (unpaired) electrons. The summed E-state index contributed by atoms with van der Waals surface area (Å²) in [5, 5.41) is 11.4. The van der Waals surface area contributed by atoms with Gasteiger partial charge in [-0.1, -0.05) is 24.3 Å². The number of carbonyl (C=O) groups is 1. The Kier molecular flexibility index (Phi) is 1.90. The van der Waals surface area contributed by atoms with E-state index in [1.54, 1.807) is 0 Å². The van der Waals surface area contributed by atoms with Gasteiger partial charge in [0.2, 0.25) is 0 Å². The fourth-order valence-electron chi connectivity index (χ4n) is 1.47. The van der Waals surface area contributed by atoms with E-state index in [2.05, 4.69) is 10.1 Å². The molecular formula is C9H9NO3. The van der Waals surface area contributed by atoms with Crippen molar-refractivity contribution in [1.82, 2.24) is 5.32 Å². The van der Waals surface area contributed by atoms with Crippen molar-refractivity contribution in [3.8, 4) is 0 Å². The summed E-state index contributed by atoms with van der Waals surface area (Å²) in [5.41, 5.74) is 2.00. The van der Waals surface area contributed by atoms with E-state index in [-0.39, 0.29) is 0 Å². The maximum Gasteiger partial charge on any atom is 0.507 e. The lowest BCUT2D eigenvalue weighted by Crippen LogP contribution is -2.18. The zero-order chi connectivity index (χ0) is 9.26. The van der Waals surface area contributed by atoms with Crippen LogP contribution in [0.1, 0.15) is 17.4 Å². The molecule has 1 aliphatic rings. The molecule has 0 saturated heterocycles. The zero-order valence-electron chi connectivity index (χ0n) is 6.86. The van der Waals surface area contributed by atoms with Crippen LogP contribution in [0.3, 0.4) is 0 Å². The van der Waals surface area contributed by atoms with Gasteiger partial charge in [0.15, 0.2) is 6.23 Å². The lowest BCUT2D eigenvalue weighted by Gasteiger charge is -2.09. The largest absolute Gasteiger partial charge is 0.507 e. The molecule has 0 aliphatic carbocycles. The van der Waals surface area contributed by atoms with Gasteiger partial charge in [-0.2, -0.15) is 0 Å². The van der Waals surface area contributed by atoms with Crippen molar-refractivity contribution in [2.45, 2.75) is 12.8 Å². The highest BCUT2D eigenvalue weighted by Crippen LogP contribution is 2.25. The summed E-state index contributed by atoms with van der Waals surface area (Å²) >= 11 is 0. The average Bonchev–Trinajstić information content (AvgIpc) is 2.48. The van der Waals surface area contributed by atoms with E-state index in [4.69, 9.17) is 5.11 Å². The molecular weight excluding hydrogens is 170 g/mol. The minimum absolute atomic E-state index is 0.506. The first-order chi connectivity index (χ1) is 6.27. The van der Waals surface area contributed by atoms with Gasteiger partial charge in [-0.05, 0) is 5.56 Å². The van der Waals surface area contributed by atoms with Crippen LogP contribution in [0.2, 0.25) is 0 Å². The Morgan fingerprint density at radius 2 is 2.31 bits per heavy atom. The van der Waals surface area contributed by atoms with Gasteiger partial charge in [0, 0.05) is 12.1 Å². The molecule has 0 fully saturated rings. The second kappa shape index (κ2) is 3.06. The third-order valence-electron chi connectivity index (χ3n) is 2.03. The van der Waals surface area contributed by atoms with Crippen molar-refractivity contribution in [2.24, 2.45) is 0 Å². The van der Waals surface area contributed by atoms with Crippen LogP contribution < -0.4 is 5.32 Å². The van der Waals surface area contributed by atoms with Crippen molar-refractivity contribution in [1.29, 1.82) is 0 Å². The highest BCUT2D eigenvalue weighted by molar-refractivity contribution is 5.57. The quantitative estimate of drug-likeness (QED) is 0.641. The Labute approximate surface area is 75.1 Å². The minimum atomic E-state index is -1.26. The van der Waals surface area contributed by atoms with Crippen LogP contribution in [0.15, 0.2) is 24.3 Å². The highest BCUT2D eigenvalue weighted by atomic mass is 16.7. The van der Waals surface area contributed by atoms with Crippen LogP contribution in [0.4, 0.5) is 4.79 Å². The van der Waals surface area contributed by atoms with E-state index in [0.29, 0.717) is 6.54 Å². The minimum Gasteiger partial charge on any atom is -0.450 e. The van der Waals surface area contributed by atoms with Crippen molar-refractivity contribution >= 4 is 6.16 Å². The van der Waals surface area contributed by atoms with E-state index in [1.165, 1.54) is 0 Å². The molecule has 1 aliphatic heterocycles. The van der Waals surface area contributed by atoms with E-state index >= 15 is 0 Å². The maximum atomic E-state index is 10.3. The lowest BCUT2D eigenvalue weighted by atomic mass is 10.1. The molecule has 2 N–H and O–H groups in total. The lowest BCUT2D eigenvalue weighted by molar-refractivity contribution is 0.0408. The van der Waals surface area contributed by atoms with Gasteiger partial charge >= 0.3 is 6.16 Å². The van der Waals surface area contributed by atoms with E-state index in [9.17, 15) is 4.79 Å². The summed E-state index contributed by atoms with van der Waals surface area (Å²) in [5.74, 6) is 0.